The average molecular weight is 316 g/mol. The molecule has 1 unspecified atom stereocenters. The fraction of sp³-hybridized carbons (Fsp3) is 0.714. The highest BCUT2D eigenvalue weighted by Crippen LogP contribution is 2.33. The maximum Gasteiger partial charge on any atom is 0.244 e. The summed E-state index contributed by atoms with van der Waals surface area (Å²) in [6, 6.07) is 0.462. The van der Waals surface area contributed by atoms with Crippen LogP contribution in [0.5, 0.6) is 0 Å². The van der Waals surface area contributed by atoms with E-state index in [1.165, 1.54) is 11.3 Å². The first kappa shape index (κ1) is 15.9. The summed E-state index contributed by atoms with van der Waals surface area (Å²) in [6.07, 6.45) is 1.92. The molecule has 0 spiro atoms. The molecule has 4 nitrogen and oxygen atoms in total. The summed E-state index contributed by atoms with van der Waals surface area (Å²) in [5, 5.41) is 5.27. The Labute approximate surface area is 126 Å². The second-order valence-electron chi connectivity index (χ2n) is 5.81. The number of hydrogen-bond acceptors (Lipinski definition) is 4. The second-order valence-corrected chi connectivity index (χ2v) is 8.61. The number of nitrogens with zero attached hydrogens (tertiary/aromatic N) is 1. The van der Waals surface area contributed by atoms with E-state index in [-0.39, 0.29) is 6.04 Å². The van der Waals surface area contributed by atoms with E-state index >= 15 is 0 Å². The number of thiophene rings is 1. The van der Waals surface area contributed by atoms with Crippen LogP contribution in [0.15, 0.2) is 10.3 Å². The molecule has 1 aromatic heterocycles. The second kappa shape index (κ2) is 6.13. The molecule has 0 saturated carbocycles. The average Bonchev–Trinajstić information content (AvgIpc) is 2.93. The minimum Gasteiger partial charge on any atom is -0.310 e. The molecule has 1 saturated heterocycles. The fourth-order valence-corrected chi connectivity index (χ4v) is 6.05. The van der Waals surface area contributed by atoms with Crippen molar-refractivity contribution < 1.29 is 8.42 Å². The van der Waals surface area contributed by atoms with E-state index in [9.17, 15) is 8.42 Å². The molecule has 2 heterocycles. The molecule has 0 aromatic carbocycles. The van der Waals surface area contributed by atoms with Crippen LogP contribution >= 0.6 is 11.3 Å². The quantitative estimate of drug-likeness (QED) is 0.908. The van der Waals surface area contributed by atoms with Crippen LogP contribution in [0.3, 0.4) is 0 Å². The van der Waals surface area contributed by atoms with Crippen molar-refractivity contribution in [2.24, 2.45) is 0 Å². The molecular weight excluding hydrogens is 292 g/mol. The maximum atomic E-state index is 12.9. The van der Waals surface area contributed by atoms with E-state index in [1.54, 1.807) is 4.31 Å². The Balaban J connectivity index is 2.33. The summed E-state index contributed by atoms with van der Waals surface area (Å²) in [4.78, 5) is 1.46. The van der Waals surface area contributed by atoms with Crippen LogP contribution in [-0.4, -0.2) is 31.4 Å². The van der Waals surface area contributed by atoms with Crippen molar-refractivity contribution >= 4 is 21.4 Å². The third kappa shape index (κ3) is 3.08. The molecule has 0 bridgehead atoms. The highest BCUT2D eigenvalue weighted by Gasteiger charge is 2.35. The van der Waals surface area contributed by atoms with Gasteiger partial charge in [0.15, 0.2) is 0 Å². The van der Waals surface area contributed by atoms with E-state index in [4.69, 9.17) is 0 Å². The van der Waals surface area contributed by atoms with Gasteiger partial charge in [-0.1, -0.05) is 13.8 Å². The fourth-order valence-electron chi connectivity index (χ4n) is 2.63. The normalized spacial score (nSPS) is 20.9. The lowest BCUT2D eigenvalue weighted by Gasteiger charge is -2.22. The zero-order valence-electron chi connectivity index (χ0n) is 12.6. The summed E-state index contributed by atoms with van der Waals surface area (Å²) in [6.45, 7) is 9.29. The van der Waals surface area contributed by atoms with Gasteiger partial charge in [0.25, 0.3) is 0 Å². The third-order valence-corrected chi connectivity index (χ3v) is 7.20. The summed E-state index contributed by atoms with van der Waals surface area (Å²) in [5.74, 6) is 0. The standard InChI is InChI=1S/C14H24N2O2S2/c1-10(2)15-8-13-14(11(3)9-19-13)20(17,18)16-7-5-6-12(16)4/h9-10,12,15H,5-8H2,1-4H3. The first-order valence-electron chi connectivity index (χ1n) is 7.16. The van der Waals surface area contributed by atoms with Gasteiger partial charge in [0, 0.05) is 30.1 Å². The summed E-state index contributed by atoms with van der Waals surface area (Å²) in [7, 11) is -3.35. The van der Waals surface area contributed by atoms with Gasteiger partial charge in [-0.2, -0.15) is 4.31 Å². The lowest BCUT2D eigenvalue weighted by Crippen LogP contribution is -2.34. The van der Waals surface area contributed by atoms with Crippen LogP contribution in [0, 0.1) is 6.92 Å². The molecule has 1 aliphatic rings. The van der Waals surface area contributed by atoms with E-state index in [1.807, 2.05) is 19.2 Å². The van der Waals surface area contributed by atoms with Gasteiger partial charge >= 0.3 is 0 Å². The Kier molecular flexibility index (Phi) is 4.89. The first-order valence-corrected chi connectivity index (χ1v) is 9.48. The number of hydrogen-bond donors (Lipinski definition) is 1. The third-order valence-electron chi connectivity index (χ3n) is 3.72. The molecule has 1 atom stereocenters. The van der Waals surface area contributed by atoms with Gasteiger partial charge in [-0.15, -0.1) is 11.3 Å². The molecule has 1 aromatic rings. The molecule has 20 heavy (non-hydrogen) atoms. The lowest BCUT2D eigenvalue weighted by atomic mass is 10.3. The molecule has 6 heteroatoms. The summed E-state index contributed by atoms with van der Waals surface area (Å²) in [5.41, 5.74) is 0.870. The molecule has 2 rings (SSSR count). The van der Waals surface area contributed by atoms with Crippen LogP contribution in [0.4, 0.5) is 0 Å². The van der Waals surface area contributed by atoms with Crippen LogP contribution in [-0.2, 0) is 16.6 Å². The summed E-state index contributed by atoms with van der Waals surface area (Å²) < 4.78 is 27.5. The van der Waals surface area contributed by atoms with Crippen molar-refractivity contribution in [3.8, 4) is 0 Å². The van der Waals surface area contributed by atoms with Gasteiger partial charge in [0.1, 0.15) is 4.90 Å². The number of aryl methyl sites for hydroxylation is 1. The minimum absolute atomic E-state index is 0.116. The SMILES string of the molecule is Cc1csc(CNC(C)C)c1S(=O)(=O)N1CCCC1C. The van der Waals surface area contributed by atoms with E-state index in [0.29, 0.717) is 24.0 Å². The molecule has 0 radical (unpaired) electrons. The smallest absolute Gasteiger partial charge is 0.244 e. The molecule has 1 N–H and O–H groups in total. The summed E-state index contributed by atoms with van der Waals surface area (Å²) >= 11 is 1.54. The van der Waals surface area contributed by atoms with Crippen LogP contribution in [0.2, 0.25) is 0 Å². The van der Waals surface area contributed by atoms with Crippen molar-refractivity contribution in [3.63, 3.8) is 0 Å². The van der Waals surface area contributed by atoms with Crippen molar-refractivity contribution in [1.29, 1.82) is 0 Å². The first-order chi connectivity index (χ1) is 9.34. The van der Waals surface area contributed by atoms with Gasteiger partial charge in [-0.3, -0.25) is 0 Å². The Bertz CT molecular complexity index is 564. The molecule has 0 amide bonds. The van der Waals surface area contributed by atoms with Crippen molar-refractivity contribution in [2.75, 3.05) is 6.54 Å². The topological polar surface area (TPSA) is 49.4 Å². The van der Waals surface area contributed by atoms with Gasteiger partial charge in [0.05, 0.1) is 0 Å². The molecule has 1 fully saturated rings. The van der Waals surface area contributed by atoms with Crippen molar-refractivity contribution in [3.05, 3.63) is 15.8 Å². The number of nitrogens with one attached hydrogen (secondary N) is 1. The Hall–Kier alpha value is -0.430. The van der Waals surface area contributed by atoms with Gasteiger partial charge in [-0.25, -0.2) is 8.42 Å². The number of rotatable bonds is 5. The van der Waals surface area contributed by atoms with Crippen LogP contribution in [0.25, 0.3) is 0 Å². The highest BCUT2D eigenvalue weighted by molar-refractivity contribution is 7.89. The Morgan fingerprint density at radius 2 is 2.20 bits per heavy atom. The van der Waals surface area contributed by atoms with E-state index in [0.717, 1.165) is 23.3 Å². The Morgan fingerprint density at radius 3 is 2.75 bits per heavy atom. The largest absolute Gasteiger partial charge is 0.310 e. The predicted molar refractivity (Wildman–Crippen MR) is 83.6 cm³/mol. The van der Waals surface area contributed by atoms with Crippen LogP contribution in [0.1, 0.15) is 44.1 Å². The van der Waals surface area contributed by atoms with Gasteiger partial charge < -0.3 is 5.32 Å². The molecular formula is C14H24N2O2S2. The number of sulfonamides is 1. The van der Waals surface area contributed by atoms with Gasteiger partial charge in [-0.05, 0) is 37.6 Å². The van der Waals surface area contributed by atoms with Gasteiger partial charge in [0.2, 0.25) is 10.0 Å². The lowest BCUT2D eigenvalue weighted by molar-refractivity contribution is 0.407. The zero-order valence-corrected chi connectivity index (χ0v) is 14.3. The highest BCUT2D eigenvalue weighted by atomic mass is 32.2. The molecule has 114 valence electrons. The Morgan fingerprint density at radius 1 is 1.50 bits per heavy atom. The van der Waals surface area contributed by atoms with Crippen molar-refractivity contribution in [1.82, 2.24) is 9.62 Å². The molecule has 1 aliphatic heterocycles. The zero-order chi connectivity index (χ0) is 14.9. The molecule has 0 aliphatic carbocycles. The van der Waals surface area contributed by atoms with E-state index < -0.39 is 10.0 Å². The maximum absolute atomic E-state index is 12.9. The van der Waals surface area contributed by atoms with Crippen LogP contribution < -0.4 is 5.32 Å². The predicted octanol–water partition coefficient (Wildman–Crippen LogP) is 2.73. The van der Waals surface area contributed by atoms with E-state index in [2.05, 4.69) is 19.2 Å². The minimum atomic E-state index is -3.35. The monoisotopic (exact) mass is 316 g/mol. The van der Waals surface area contributed by atoms with Crippen molar-refractivity contribution in [2.45, 2.75) is 64.1 Å².